The van der Waals surface area contributed by atoms with Crippen molar-refractivity contribution in [3.8, 4) is 16.9 Å². The second-order valence-electron chi connectivity index (χ2n) is 6.74. The Hall–Kier alpha value is -3.47. The summed E-state index contributed by atoms with van der Waals surface area (Å²) in [4.78, 5) is 44.1. The lowest BCUT2D eigenvalue weighted by Gasteiger charge is -2.13. The monoisotopic (exact) mass is 483 g/mol. The van der Waals surface area contributed by atoms with Gasteiger partial charge in [0.2, 0.25) is 5.91 Å². The van der Waals surface area contributed by atoms with E-state index in [0.29, 0.717) is 17.8 Å². The van der Waals surface area contributed by atoms with E-state index in [-0.39, 0.29) is 40.5 Å². The van der Waals surface area contributed by atoms with E-state index in [2.05, 4.69) is 5.73 Å². The molecule has 0 aliphatic heterocycles. The van der Waals surface area contributed by atoms with Crippen molar-refractivity contribution >= 4 is 34.9 Å². The average molecular weight is 483 g/mol. The van der Waals surface area contributed by atoms with Crippen LogP contribution in [-0.2, 0) is 14.3 Å². The van der Waals surface area contributed by atoms with Crippen LogP contribution >= 0.6 is 11.8 Å². The molecule has 0 unspecified atom stereocenters. The summed E-state index contributed by atoms with van der Waals surface area (Å²) in [7, 11) is 0. The van der Waals surface area contributed by atoms with Crippen molar-refractivity contribution in [1.82, 2.24) is 0 Å². The molecular formula is C22H23F2NO7S. The van der Waals surface area contributed by atoms with Crippen LogP contribution in [-0.4, -0.2) is 40.1 Å². The quantitative estimate of drug-likeness (QED) is 0.554. The molecule has 0 atom stereocenters. The van der Waals surface area contributed by atoms with Crippen LogP contribution in [0.2, 0.25) is 0 Å². The summed E-state index contributed by atoms with van der Waals surface area (Å²) in [5.41, 5.74) is 4.67. The molecule has 0 heterocycles. The van der Waals surface area contributed by atoms with Gasteiger partial charge in [-0.05, 0) is 55.4 Å². The Balaban J connectivity index is 0.00000125. The lowest BCUT2D eigenvalue weighted by Crippen LogP contribution is -2.14. The molecule has 0 radical (unpaired) electrons. The van der Waals surface area contributed by atoms with Crippen molar-refractivity contribution in [3.05, 3.63) is 53.6 Å². The van der Waals surface area contributed by atoms with E-state index >= 15 is 0 Å². The number of hydrogen-bond acceptors (Lipinski definition) is 7. The lowest BCUT2D eigenvalue weighted by atomic mass is 10.0. The van der Waals surface area contributed by atoms with Crippen LogP contribution in [0.25, 0.3) is 11.1 Å². The van der Waals surface area contributed by atoms with Crippen molar-refractivity contribution in [2.75, 3.05) is 5.75 Å². The van der Waals surface area contributed by atoms with Gasteiger partial charge in [0.15, 0.2) is 0 Å². The van der Waals surface area contributed by atoms with Gasteiger partial charge < -0.3 is 20.3 Å². The second-order valence-corrected chi connectivity index (χ2v) is 7.77. The van der Waals surface area contributed by atoms with Crippen LogP contribution in [0.15, 0.2) is 36.4 Å². The first kappa shape index (κ1) is 27.6. The normalized spacial score (nSPS) is 10.1. The summed E-state index contributed by atoms with van der Waals surface area (Å²) >= 11 is 0.643. The van der Waals surface area contributed by atoms with Crippen LogP contribution in [0.5, 0.6) is 5.75 Å². The molecule has 0 fully saturated rings. The second kappa shape index (κ2) is 13.2. The molecule has 33 heavy (non-hydrogen) atoms. The third-order valence-electron chi connectivity index (χ3n) is 3.51. The molecule has 0 saturated carbocycles. The summed E-state index contributed by atoms with van der Waals surface area (Å²) in [6.07, 6.45) is -0.688. The molecule has 2 aromatic carbocycles. The van der Waals surface area contributed by atoms with Crippen molar-refractivity contribution in [3.63, 3.8) is 0 Å². The Morgan fingerprint density at radius 1 is 1.09 bits per heavy atom. The first-order valence-electron chi connectivity index (χ1n) is 9.53. The minimum absolute atomic E-state index is 0.00118. The average Bonchev–Trinajstić information content (AvgIpc) is 2.67. The van der Waals surface area contributed by atoms with E-state index in [1.54, 1.807) is 13.8 Å². The fourth-order valence-electron chi connectivity index (χ4n) is 2.29. The number of primary amides is 1. The van der Waals surface area contributed by atoms with Gasteiger partial charge in [-0.3, -0.25) is 9.59 Å². The molecule has 8 nitrogen and oxygen atoms in total. The number of thioether (sulfide) groups is 1. The molecule has 0 aliphatic rings. The number of carboxylic acids is 1. The molecule has 0 spiro atoms. The maximum Gasteiger partial charge on any atom is 0.372 e. The van der Waals surface area contributed by atoms with Gasteiger partial charge >= 0.3 is 17.2 Å². The first-order valence-corrected chi connectivity index (χ1v) is 10.5. The zero-order chi connectivity index (χ0) is 25.1. The zero-order valence-electron chi connectivity index (χ0n) is 18.1. The smallest absolute Gasteiger partial charge is 0.372 e. The number of carboxylic acid groups (broad SMARTS) is 1. The number of aliphatic carboxylic acids is 1. The number of rotatable bonds is 7. The van der Waals surface area contributed by atoms with E-state index < -0.39 is 35.0 Å². The van der Waals surface area contributed by atoms with Crippen LogP contribution < -0.4 is 10.5 Å². The maximum atomic E-state index is 14.1. The number of carbonyl (C=O) groups excluding carboxylic acids is 3. The molecule has 0 bridgehead atoms. The Morgan fingerprint density at radius 3 is 2.27 bits per heavy atom. The first-order chi connectivity index (χ1) is 15.4. The number of nitrogens with two attached hydrogens (primary N) is 1. The number of amides is 1. The third-order valence-corrected chi connectivity index (χ3v) is 4.24. The third kappa shape index (κ3) is 10.1. The predicted octanol–water partition coefficient (Wildman–Crippen LogP) is 4.40. The largest absolute Gasteiger partial charge is 0.481 e. The van der Waals surface area contributed by atoms with Gasteiger partial charge in [0.25, 0.3) is 0 Å². The summed E-state index contributed by atoms with van der Waals surface area (Å²) in [6, 6.07) is 7.01. The van der Waals surface area contributed by atoms with E-state index in [0.717, 1.165) is 6.07 Å². The Kier molecular flexibility index (Phi) is 11.0. The number of benzene rings is 2. The molecule has 2 rings (SSSR count). The Labute approximate surface area is 193 Å². The van der Waals surface area contributed by atoms with E-state index in [1.807, 2.05) is 0 Å². The molecule has 3 N–H and O–H groups in total. The number of hydrogen-bond donors (Lipinski definition) is 2. The summed E-state index contributed by atoms with van der Waals surface area (Å²) in [5.74, 6) is -3.86. The fourth-order valence-corrected chi connectivity index (χ4v) is 2.88. The van der Waals surface area contributed by atoms with Crippen LogP contribution in [0.3, 0.4) is 0 Å². The van der Waals surface area contributed by atoms with Gasteiger partial charge in [0, 0.05) is 24.3 Å². The molecule has 178 valence electrons. The Bertz CT molecular complexity index is 1020. The highest BCUT2D eigenvalue weighted by Crippen LogP contribution is 2.30. The summed E-state index contributed by atoms with van der Waals surface area (Å²) in [5, 5.41) is 7.81. The van der Waals surface area contributed by atoms with Crippen LogP contribution in [0, 0.1) is 11.6 Å². The molecule has 0 aliphatic carbocycles. The lowest BCUT2D eigenvalue weighted by molar-refractivity contribution is -0.136. The van der Waals surface area contributed by atoms with Gasteiger partial charge in [-0.1, -0.05) is 6.07 Å². The van der Waals surface area contributed by atoms with Gasteiger partial charge in [-0.25, -0.2) is 18.4 Å². The van der Waals surface area contributed by atoms with Gasteiger partial charge in [0.05, 0.1) is 12.5 Å². The molecule has 2 aromatic rings. The summed E-state index contributed by atoms with van der Waals surface area (Å²) in [6.45, 7) is 4.57. The maximum absolute atomic E-state index is 14.1. The minimum Gasteiger partial charge on any atom is -0.481 e. The van der Waals surface area contributed by atoms with Crippen molar-refractivity contribution in [2.45, 2.75) is 33.3 Å². The number of esters is 1. The van der Waals surface area contributed by atoms with Crippen molar-refractivity contribution in [2.24, 2.45) is 5.73 Å². The topological polar surface area (TPSA) is 133 Å². The predicted molar refractivity (Wildman–Crippen MR) is 118 cm³/mol. The van der Waals surface area contributed by atoms with Gasteiger partial charge in [-0.2, -0.15) is 0 Å². The van der Waals surface area contributed by atoms with Crippen LogP contribution in [0.4, 0.5) is 13.6 Å². The molecular weight excluding hydrogens is 460 g/mol. The molecule has 1 amide bonds. The molecule has 0 saturated heterocycles. The fraction of sp³-hybridized carbons (Fsp3) is 0.273. The van der Waals surface area contributed by atoms with Crippen molar-refractivity contribution < 1.29 is 42.5 Å². The highest BCUT2D eigenvalue weighted by atomic mass is 32.2. The molecule has 0 aromatic heterocycles. The van der Waals surface area contributed by atoms with Crippen LogP contribution in [0.1, 0.15) is 37.6 Å². The van der Waals surface area contributed by atoms with Gasteiger partial charge in [0.1, 0.15) is 22.9 Å². The Morgan fingerprint density at radius 2 is 1.73 bits per heavy atom. The summed E-state index contributed by atoms with van der Waals surface area (Å²) < 4.78 is 37.6. The van der Waals surface area contributed by atoms with E-state index in [1.165, 1.54) is 31.2 Å². The van der Waals surface area contributed by atoms with E-state index in [4.69, 9.17) is 14.6 Å². The number of halogens is 2. The van der Waals surface area contributed by atoms with Gasteiger partial charge in [-0.15, -0.1) is 0 Å². The number of ether oxygens (including phenoxy) is 2. The highest BCUT2D eigenvalue weighted by molar-refractivity contribution is 8.13. The zero-order valence-corrected chi connectivity index (χ0v) is 18.9. The van der Waals surface area contributed by atoms with Crippen molar-refractivity contribution in [1.29, 1.82) is 0 Å². The van der Waals surface area contributed by atoms with E-state index in [9.17, 15) is 28.0 Å². The minimum atomic E-state index is -1.06. The number of carbonyl (C=O) groups is 4. The SMILES string of the molecule is CC(C)OC(=O)c1cc(-c2ccc(F)cc2F)ccc1OC(=O)SCCC(=O)O.CC(N)=O. The molecule has 11 heteroatoms. The standard InChI is InChI=1S/C20H18F2O6S.C2H5NO/c1-11(2)27-19(25)15-9-12(14-5-4-13(21)10-16(14)22)3-6-17(15)28-20(26)29-8-7-18(23)24;1-2(3)4/h3-6,9-11H,7-8H2,1-2H3,(H,23,24);1H3,(H2,3,4). The highest BCUT2D eigenvalue weighted by Gasteiger charge is 2.20.